The SMILES string of the molecule is COC(=O)[C@H](Cc1c[nH]c2ccccc12)N1C(=O)c2ccc3c4c(ccc(c24)C1=O)C(=O)N([C@@H](Cc1c[nH]c2ccccc12)C(=O)OC)C3=O. The molecule has 0 unspecified atom stereocenters. The molecule has 2 aliphatic rings. The predicted molar refractivity (Wildman–Crippen MR) is 181 cm³/mol. The molecule has 12 heteroatoms. The number of amides is 4. The minimum Gasteiger partial charge on any atom is -0.467 e. The number of H-pyrrole nitrogens is 2. The zero-order chi connectivity index (χ0) is 34.8. The number of imide groups is 2. The van der Waals surface area contributed by atoms with E-state index >= 15 is 0 Å². The number of carbonyl (C=O) groups excluding carboxylic acids is 6. The summed E-state index contributed by atoms with van der Waals surface area (Å²) in [5.41, 5.74) is 3.25. The maximum Gasteiger partial charge on any atom is 0.329 e. The molecule has 50 heavy (non-hydrogen) atoms. The van der Waals surface area contributed by atoms with Crippen LogP contribution in [0.4, 0.5) is 0 Å². The Kier molecular flexibility index (Phi) is 7.10. The average Bonchev–Trinajstić information content (AvgIpc) is 3.75. The number of ether oxygens (including phenoxy) is 2. The van der Waals surface area contributed by atoms with Crippen molar-refractivity contribution in [2.45, 2.75) is 24.9 Å². The second-order valence-electron chi connectivity index (χ2n) is 12.2. The fourth-order valence-corrected chi connectivity index (χ4v) is 7.33. The van der Waals surface area contributed by atoms with Gasteiger partial charge in [-0.2, -0.15) is 0 Å². The maximum absolute atomic E-state index is 14.2. The number of esters is 2. The third-order valence-electron chi connectivity index (χ3n) is 9.70. The van der Waals surface area contributed by atoms with E-state index in [1.165, 1.54) is 38.5 Å². The molecule has 4 heterocycles. The molecular weight excluding hydrogens is 640 g/mol. The van der Waals surface area contributed by atoms with Gasteiger partial charge in [0.05, 0.1) is 14.2 Å². The van der Waals surface area contributed by atoms with Crippen LogP contribution < -0.4 is 0 Å². The van der Waals surface area contributed by atoms with E-state index in [0.717, 1.165) is 31.6 Å². The van der Waals surface area contributed by atoms with Crippen molar-refractivity contribution >= 4 is 68.1 Å². The van der Waals surface area contributed by atoms with Crippen molar-refractivity contribution in [3.63, 3.8) is 0 Å². The molecule has 2 aliphatic heterocycles. The Morgan fingerprint density at radius 1 is 0.560 bits per heavy atom. The molecule has 0 aliphatic carbocycles. The van der Waals surface area contributed by atoms with E-state index < -0.39 is 47.7 Å². The van der Waals surface area contributed by atoms with Gasteiger partial charge in [-0.25, -0.2) is 9.59 Å². The van der Waals surface area contributed by atoms with Gasteiger partial charge < -0.3 is 19.4 Å². The molecular formula is C38H28N4O8. The lowest BCUT2D eigenvalue weighted by atomic mass is 9.84. The fraction of sp³-hybridized carbons (Fsp3) is 0.158. The van der Waals surface area contributed by atoms with Gasteiger partial charge in [0.2, 0.25) is 0 Å². The van der Waals surface area contributed by atoms with E-state index in [4.69, 9.17) is 9.47 Å². The van der Waals surface area contributed by atoms with Crippen molar-refractivity contribution < 1.29 is 38.2 Å². The number of para-hydroxylation sites is 2. The maximum atomic E-state index is 14.2. The van der Waals surface area contributed by atoms with Crippen LogP contribution in [0.2, 0.25) is 0 Å². The third-order valence-corrected chi connectivity index (χ3v) is 9.70. The molecule has 6 aromatic rings. The Hall–Kier alpha value is -6.56. The summed E-state index contributed by atoms with van der Waals surface area (Å²) in [4.78, 5) is 91.3. The van der Waals surface area contributed by atoms with Crippen molar-refractivity contribution in [3.05, 3.63) is 119 Å². The summed E-state index contributed by atoms with van der Waals surface area (Å²) in [5, 5.41) is 1.92. The van der Waals surface area contributed by atoms with Gasteiger partial charge in [0, 0.05) is 80.1 Å². The van der Waals surface area contributed by atoms with E-state index in [1.807, 2.05) is 48.5 Å². The van der Waals surface area contributed by atoms with Gasteiger partial charge in [-0.1, -0.05) is 36.4 Å². The van der Waals surface area contributed by atoms with Gasteiger partial charge in [-0.15, -0.1) is 0 Å². The lowest BCUT2D eigenvalue weighted by molar-refractivity contribution is -0.146. The smallest absolute Gasteiger partial charge is 0.329 e. The monoisotopic (exact) mass is 668 g/mol. The highest BCUT2D eigenvalue weighted by Crippen LogP contribution is 2.40. The zero-order valence-electron chi connectivity index (χ0n) is 26.8. The van der Waals surface area contributed by atoms with Crippen LogP contribution in [-0.4, -0.2) is 81.6 Å². The Morgan fingerprint density at radius 3 is 1.24 bits per heavy atom. The molecule has 248 valence electrons. The molecule has 0 radical (unpaired) electrons. The molecule has 0 saturated heterocycles. The molecule has 0 fully saturated rings. The van der Waals surface area contributed by atoms with Gasteiger partial charge in [0.25, 0.3) is 23.6 Å². The van der Waals surface area contributed by atoms with Crippen LogP contribution in [0.5, 0.6) is 0 Å². The number of fused-ring (bicyclic) bond motifs is 2. The van der Waals surface area contributed by atoms with E-state index in [2.05, 4.69) is 9.97 Å². The molecule has 8 rings (SSSR count). The number of hydrogen-bond donors (Lipinski definition) is 2. The van der Waals surface area contributed by atoms with Crippen molar-refractivity contribution in [1.29, 1.82) is 0 Å². The number of benzene rings is 4. The number of carbonyl (C=O) groups is 6. The van der Waals surface area contributed by atoms with E-state index in [1.54, 1.807) is 12.4 Å². The Morgan fingerprint density at radius 2 is 0.900 bits per heavy atom. The number of methoxy groups -OCH3 is 2. The highest BCUT2D eigenvalue weighted by Gasteiger charge is 2.46. The summed E-state index contributed by atoms with van der Waals surface area (Å²) >= 11 is 0. The largest absolute Gasteiger partial charge is 0.467 e. The summed E-state index contributed by atoms with van der Waals surface area (Å²) in [6.07, 6.45) is 3.42. The Balaban J connectivity index is 1.20. The summed E-state index contributed by atoms with van der Waals surface area (Å²) in [7, 11) is 2.37. The average molecular weight is 669 g/mol. The van der Waals surface area contributed by atoms with E-state index in [9.17, 15) is 28.8 Å². The van der Waals surface area contributed by atoms with Crippen LogP contribution in [0.15, 0.2) is 85.2 Å². The molecule has 0 saturated carbocycles. The summed E-state index contributed by atoms with van der Waals surface area (Å²) < 4.78 is 10.1. The Bertz CT molecular complexity index is 2230. The standard InChI is InChI=1S/C38H28N4O8/c1-49-37(47)29(15-19-17-39-27-9-5-3-7-21(19)27)41-33(43)23-11-13-25-32-26(14-12-24(31(23)32)34(41)44)36(46)42(35(25)45)30(38(48)50-2)16-20-18-40-28-10-6-4-8-22(20)28/h3-14,17-18,29-30,39-40H,15-16H2,1-2H3/t29-,30-/m0/s1. The van der Waals surface area contributed by atoms with Crippen LogP contribution in [0.1, 0.15) is 52.6 Å². The first kappa shape index (κ1) is 30.8. The minimum atomic E-state index is -1.31. The normalized spacial score (nSPS) is 15.2. The van der Waals surface area contributed by atoms with Gasteiger partial charge in [0.15, 0.2) is 0 Å². The third kappa shape index (κ3) is 4.45. The highest BCUT2D eigenvalue weighted by molar-refractivity contribution is 6.34. The van der Waals surface area contributed by atoms with Crippen molar-refractivity contribution in [2.75, 3.05) is 14.2 Å². The molecule has 0 spiro atoms. The number of aromatic amines is 2. The second-order valence-corrected chi connectivity index (χ2v) is 12.2. The van der Waals surface area contributed by atoms with Crippen molar-refractivity contribution in [2.24, 2.45) is 0 Å². The topological polar surface area (TPSA) is 159 Å². The molecule has 12 nitrogen and oxygen atoms in total. The first-order chi connectivity index (χ1) is 24.2. The quantitative estimate of drug-likeness (QED) is 0.176. The fourth-order valence-electron chi connectivity index (χ4n) is 7.33. The molecule has 2 atom stereocenters. The van der Waals surface area contributed by atoms with E-state index in [0.29, 0.717) is 11.1 Å². The van der Waals surface area contributed by atoms with Gasteiger partial charge in [-0.3, -0.25) is 29.0 Å². The molecule has 4 aromatic carbocycles. The van der Waals surface area contributed by atoms with Crippen LogP contribution in [0, 0.1) is 0 Å². The predicted octanol–water partition coefficient (Wildman–Crippen LogP) is 4.56. The van der Waals surface area contributed by atoms with E-state index in [-0.39, 0.29) is 45.9 Å². The number of hydrogen-bond acceptors (Lipinski definition) is 8. The lowest BCUT2D eigenvalue weighted by Crippen LogP contribution is -2.53. The molecule has 2 N–H and O–H groups in total. The zero-order valence-corrected chi connectivity index (χ0v) is 26.8. The number of rotatable bonds is 8. The summed E-state index contributed by atoms with van der Waals surface area (Å²) in [6, 6.07) is 17.9. The van der Waals surface area contributed by atoms with Gasteiger partial charge in [-0.05, 0) is 47.5 Å². The molecule has 2 aromatic heterocycles. The first-order valence-electron chi connectivity index (χ1n) is 15.8. The van der Waals surface area contributed by atoms with Crippen molar-refractivity contribution in [3.8, 4) is 0 Å². The second kappa shape index (κ2) is 11.5. The number of nitrogens with one attached hydrogen (secondary N) is 2. The summed E-state index contributed by atoms with van der Waals surface area (Å²) in [5.74, 6) is -4.63. The Labute approximate surface area is 283 Å². The number of aromatic nitrogens is 2. The van der Waals surface area contributed by atoms with Gasteiger partial charge >= 0.3 is 11.9 Å². The van der Waals surface area contributed by atoms with Crippen LogP contribution in [-0.2, 0) is 31.9 Å². The van der Waals surface area contributed by atoms with Crippen LogP contribution in [0.25, 0.3) is 32.6 Å². The number of nitrogens with zero attached hydrogens (tertiary/aromatic N) is 2. The van der Waals surface area contributed by atoms with Gasteiger partial charge in [0.1, 0.15) is 12.1 Å². The van der Waals surface area contributed by atoms with Crippen LogP contribution in [0.3, 0.4) is 0 Å². The minimum absolute atomic E-state index is 0.0138. The van der Waals surface area contributed by atoms with Crippen molar-refractivity contribution in [1.82, 2.24) is 19.8 Å². The molecule has 0 bridgehead atoms. The first-order valence-corrected chi connectivity index (χ1v) is 15.8. The van der Waals surface area contributed by atoms with Crippen LogP contribution >= 0.6 is 0 Å². The lowest BCUT2D eigenvalue weighted by Gasteiger charge is -2.35. The summed E-state index contributed by atoms with van der Waals surface area (Å²) in [6.45, 7) is 0. The highest BCUT2D eigenvalue weighted by atomic mass is 16.5. The molecule has 4 amide bonds.